The number of ether oxygens (including phenoxy) is 1. The van der Waals surface area contributed by atoms with Gasteiger partial charge < -0.3 is 15.0 Å². The molecule has 2 rings (SSSR count). The maximum atomic E-state index is 12.2. The number of morpholine rings is 1. The van der Waals surface area contributed by atoms with Crippen molar-refractivity contribution in [3.05, 3.63) is 0 Å². The van der Waals surface area contributed by atoms with Crippen LogP contribution in [0.4, 0.5) is 0 Å². The number of carbonyl (C=O) groups is 1. The molecule has 0 aliphatic carbocycles. The molecule has 0 bridgehead atoms. The zero-order chi connectivity index (χ0) is 14.5. The summed E-state index contributed by atoms with van der Waals surface area (Å²) in [4.78, 5) is 16.8. The van der Waals surface area contributed by atoms with Gasteiger partial charge in [0.1, 0.15) is 0 Å². The average Bonchev–Trinajstić information content (AvgIpc) is 2.82. The Morgan fingerprint density at radius 1 is 1.30 bits per heavy atom. The first-order chi connectivity index (χ1) is 9.60. The summed E-state index contributed by atoms with van der Waals surface area (Å²) < 4.78 is 5.78. The molecule has 0 aromatic heterocycles. The molecular weight excluding hydrogens is 254 g/mol. The van der Waals surface area contributed by atoms with Crippen LogP contribution >= 0.6 is 0 Å². The molecule has 20 heavy (non-hydrogen) atoms. The van der Waals surface area contributed by atoms with E-state index in [1.54, 1.807) is 0 Å². The number of hydrogen-bond acceptors (Lipinski definition) is 4. The van der Waals surface area contributed by atoms with Crippen molar-refractivity contribution in [3.63, 3.8) is 0 Å². The molecule has 0 aromatic carbocycles. The Kier molecular flexibility index (Phi) is 5.81. The lowest BCUT2D eigenvalue weighted by molar-refractivity contribution is -0.132. The quantitative estimate of drug-likeness (QED) is 0.806. The molecule has 0 spiro atoms. The molecule has 5 nitrogen and oxygen atoms in total. The average molecular weight is 283 g/mol. The third kappa shape index (κ3) is 4.17. The molecule has 116 valence electrons. The Labute approximate surface area is 122 Å². The maximum Gasteiger partial charge on any atom is 0.224 e. The van der Waals surface area contributed by atoms with E-state index in [9.17, 15) is 4.79 Å². The van der Waals surface area contributed by atoms with Crippen LogP contribution in [0.3, 0.4) is 0 Å². The van der Waals surface area contributed by atoms with E-state index in [4.69, 9.17) is 4.74 Å². The van der Waals surface area contributed by atoms with E-state index < -0.39 is 0 Å². The Morgan fingerprint density at radius 2 is 2.00 bits per heavy atom. The second-order valence-corrected chi connectivity index (χ2v) is 6.21. The summed E-state index contributed by atoms with van der Waals surface area (Å²) in [6, 6.07) is 0.400. The zero-order valence-electron chi connectivity index (χ0n) is 13.1. The lowest BCUT2D eigenvalue weighted by Gasteiger charge is -2.38. The summed E-state index contributed by atoms with van der Waals surface area (Å²) in [5, 5.41) is 3.06. The van der Waals surface area contributed by atoms with Gasteiger partial charge in [-0.3, -0.25) is 9.69 Å². The van der Waals surface area contributed by atoms with E-state index >= 15 is 0 Å². The second kappa shape index (κ2) is 7.38. The Bertz CT molecular complexity index is 314. The van der Waals surface area contributed by atoms with Crippen LogP contribution in [-0.4, -0.2) is 73.7 Å². The number of nitrogens with one attached hydrogen (secondary N) is 1. The summed E-state index contributed by atoms with van der Waals surface area (Å²) in [6.45, 7) is 8.94. The predicted octanol–water partition coefficient (Wildman–Crippen LogP) is 0.696. The fraction of sp³-hybridized carbons (Fsp3) is 0.933. The molecule has 2 heterocycles. The molecule has 2 fully saturated rings. The first-order valence-corrected chi connectivity index (χ1v) is 7.92. The molecule has 0 radical (unpaired) electrons. The normalized spacial score (nSPS) is 31.8. The van der Waals surface area contributed by atoms with Gasteiger partial charge in [-0.2, -0.15) is 0 Å². The molecule has 3 atom stereocenters. The highest BCUT2D eigenvalue weighted by Gasteiger charge is 2.31. The zero-order valence-corrected chi connectivity index (χ0v) is 13.1. The van der Waals surface area contributed by atoms with Crippen molar-refractivity contribution in [2.75, 3.05) is 39.8 Å². The van der Waals surface area contributed by atoms with Crippen LogP contribution in [0.15, 0.2) is 0 Å². The molecule has 1 N–H and O–H groups in total. The molecule has 0 saturated carbocycles. The number of nitrogens with zero attached hydrogens (tertiary/aromatic N) is 2. The monoisotopic (exact) mass is 283 g/mol. The van der Waals surface area contributed by atoms with Crippen LogP contribution in [0, 0.1) is 0 Å². The maximum absolute atomic E-state index is 12.2. The summed E-state index contributed by atoms with van der Waals surface area (Å²) in [5.41, 5.74) is 0. The highest BCUT2D eigenvalue weighted by atomic mass is 16.5. The van der Waals surface area contributed by atoms with E-state index in [-0.39, 0.29) is 0 Å². The lowest BCUT2D eigenvalue weighted by Crippen LogP contribution is -2.51. The van der Waals surface area contributed by atoms with Crippen LogP contribution in [0.25, 0.3) is 0 Å². The number of likely N-dealkylation sites (tertiary alicyclic amines) is 1. The number of rotatable bonds is 5. The highest BCUT2D eigenvalue weighted by molar-refractivity contribution is 5.77. The van der Waals surface area contributed by atoms with Crippen molar-refractivity contribution in [2.45, 2.75) is 51.4 Å². The smallest absolute Gasteiger partial charge is 0.224 e. The molecule has 2 saturated heterocycles. The molecule has 2 aliphatic rings. The van der Waals surface area contributed by atoms with Gasteiger partial charge in [0.05, 0.1) is 12.2 Å². The van der Waals surface area contributed by atoms with Gasteiger partial charge in [0, 0.05) is 45.2 Å². The van der Waals surface area contributed by atoms with Crippen LogP contribution in [0.5, 0.6) is 0 Å². The van der Waals surface area contributed by atoms with Gasteiger partial charge in [-0.1, -0.05) is 0 Å². The highest BCUT2D eigenvalue weighted by Crippen LogP contribution is 2.21. The van der Waals surface area contributed by atoms with Crippen LogP contribution < -0.4 is 5.32 Å². The third-order valence-corrected chi connectivity index (χ3v) is 4.25. The first-order valence-electron chi connectivity index (χ1n) is 7.92. The number of amides is 1. The van der Waals surface area contributed by atoms with Gasteiger partial charge in [0.2, 0.25) is 5.91 Å². The Morgan fingerprint density at radius 3 is 2.65 bits per heavy atom. The topological polar surface area (TPSA) is 44.8 Å². The van der Waals surface area contributed by atoms with Gasteiger partial charge in [-0.05, 0) is 33.7 Å². The van der Waals surface area contributed by atoms with E-state index in [2.05, 4.69) is 29.0 Å². The van der Waals surface area contributed by atoms with Gasteiger partial charge in [-0.25, -0.2) is 0 Å². The van der Waals surface area contributed by atoms with Gasteiger partial charge in [-0.15, -0.1) is 0 Å². The fourth-order valence-electron chi connectivity index (χ4n) is 3.46. The molecule has 0 aromatic rings. The van der Waals surface area contributed by atoms with Gasteiger partial charge >= 0.3 is 0 Å². The van der Waals surface area contributed by atoms with Crippen molar-refractivity contribution in [2.24, 2.45) is 0 Å². The lowest BCUT2D eigenvalue weighted by atomic mass is 10.1. The van der Waals surface area contributed by atoms with Crippen molar-refractivity contribution < 1.29 is 9.53 Å². The summed E-state index contributed by atoms with van der Waals surface area (Å²) in [5.74, 6) is 0.302. The Hall–Kier alpha value is -0.650. The third-order valence-electron chi connectivity index (χ3n) is 4.25. The Balaban J connectivity index is 1.85. The second-order valence-electron chi connectivity index (χ2n) is 6.21. The van der Waals surface area contributed by atoms with Crippen LogP contribution in [-0.2, 0) is 9.53 Å². The fourth-order valence-corrected chi connectivity index (χ4v) is 3.46. The number of hydrogen-bond donors (Lipinski definition) is 1. The molecular formula is C15H29N3O2. The van der Waals surface area contributed by atoms with E-state index in [1.807, 2.05) is 7.05 Å². The van der Waals surface area contributed by atoms with Crippen LogP contribution in [0.1, 0.15) is 33.1 Å². The van der Waals surface area contributed by atoms with E-state index in [0.717, 1.165) is 45.6 Å². The summed E-state index contributed by atoms with van der Waals surface area (Å²) in [7, 11) is 1.89. The summed E-state index contributed by atoms with van der Waals surface area (Å²) >= 11 is 0. The minimum atomic E-state index is 0.300. The predicted molar refractivity (Wildman–Crippen MR) is 79.7 cm³/mol. The number of carbonyl (C=O) groups excluding carboxylic acids is 1. The molecule has 3 unspecified atom stereocenters. The molecule has 1 amide bonds. The minimum absolute atomic E-state index is 0.300. The largest absolute Gasteiger partial charge is 0.373 e. The van der Waals surface area contributed by atoms with E-state index in [0.29, 0.717) is 30.6 Å². The van der Waals surface area contributed by atoms with Crippen molar-refractivity contribution in [1.82, 2.24) is 15.1 Å². The van der Waals surface area contributed by atoms with Gasteiger partial charge in [0.25, 0.3) is 0 Å². The minimum Gasteiger partial charge on any atom is -0.373 e. The van der Waals surface area contributed by atoms with Crippen molar-refractivity contribution >= 4 is 5.91 Å². The van der Waals surface area contributed by atoms with E-state index in [1.165, 1.54) is 0 Å². The van der Waals surface area contributed by atoms with Crippen molar-refractivity contribution in [3.8, 4) is 0 Å². The molecule has 2 aliphatic heterocycles. The van der Waals surface area contributed by atoms with Crippen molar-refractivity contribution in [1.29, 1.82) is 0 Å². The summed E-state index contributed by atoms with van der Waals surface area (Å²) in [6.07, 6.45) is 3.50. The standard InChI is InChI=1S/C15H29N3O2/c1-12-9-17(10-13(2)20-12)11-14-5-4-8-18(14)15(19)6-7-16-3/h12-14,16H,4-11H2,1-3H3. The van der Waals surface area contributed by atoms with Crippen LogP contribution in [0.2, 0.25) is 0 Å². The van der Waals surface area contributed by atoms with Gasteiger partial charge in [0.15, 0.2) is 0 Å². The first kappa shape index (κ1) is 15.7. The molecule has 5 heteroatoms. The SMILES string of the molecule is CNCCC(=O)N1CCCC1CN1CC(C)OC(C)C1.